The molecular formula is C17H33N3O2. The number of carbonyl (C=O) groups excluding carboxylic acids is 1. The minimum atomic E-state index is 0.0112. The Balaban J connectivity index is 1.59. The highest BCUT2D eigenvalue weighted by Gasteiger charge is 2.25. The van der Waals surface area contributed by atoms with Gasteiger partial charge in [-0.2, -0.15) is 0 Å². The molecule has 1 saturated heterocycles. The molecule has 0 bridgehead atoms. The number of likely N-dealkylation sites (tertiary alicyclic amines) is 1. The molecule has 0 aromatic heterocycles. The summed E-state index contributed by atoms with van der Waals surface area (Å²) < 4.78 is 5.38. The van der Waals surface area contributed by atoms with Crippen LogP contribution in [0, 0.1) is 5.92 Å². The molecule has 0 unspecified atom stereocenters. The van der Waals surface area contributed by atoms with Crippen molar-refractivity contribution in [2.75, 3.05) is 33.3 Å². The lowest BCUT2D eigenvalue weighted by molar-refractivity contribution is 0.0416. The molecule has 2 atom stereocenters. The molecule has 1 aliphatic heterocycles. The number of nitrogens with one attached hydrogen (secondary N) is 2. The number of urea groups is 1. The average molecular weight is 311 g/mol. The monoisotopic (exact) mass is 311 g/mol. The molecule has 0 spiro atoms. The van der Waals surface area contributed by atoms with Gasteiger partial charge < -0.3 is 20.3 Å². The Morgan fingerprint density at radius 2 is 1.91 bits per heavy atom. The van der Waals surface area contributed by atoms with Crippen molar-refractivity contribution in [1.29, 1.82) is 0 Å². The highest BCUT2D eigenvalue weighted by Crippen LogP contribution is 2.26. The molecule has 1 heterocycles. The molecule has 2 N–H and O–H groups in total. The Kier molecular flexibility index (Phi) is 7.46. The first-order chi connectivity index (χ1) is 10.7. The van der Waals surface area contributed by atoms with Crippen LogP contribution in [-0.4, -0.2) is 56.4 Å². The van der Waals surface area contributed by atoms with Crippen LogP contribution in [0.15, 0.2) is 0 Å². The van der Waals surface area contributed by atoms with Crippen molar-refractivity contribution in [2.45, 2.75) is 64.0 Å². The smallest absolute Gasteiger partial charge is 0.315 e. The van der Waals surface area contributed by atoms with Gasteiger partial charge in [-0.05, 0) is 31.6 Å². The van der Waals surface area contributed by atoms with Crippen LogP contribution in [0.4, 0.5) is 4.79 Å². The van der Waals surface area contributed by atoms with Crippen molar-refractivity contribution in [3.8, 4) is 0 Å². The highest BCUT2D eigenvalue weighted by molar-refractivity contribution is 5.74. The normalized spacial score (nSPS) is 27.5. The summed E-state index contributed by atoms with van der Waals surface area (Å²) in [4.78, 5) is 14.5. The van der Waals surface area contributed by atoms with E-state index in [-0.39, 0.29) is 6.03 Å². The number of carbonyl (C=O) groups is 1. The van der Waals surface area contributed by atoms with Gasteiger partial charge in [0, 0.05) is 39.3 Å². The van der Waals surface area contributed by atoms with Crippen LogP contribution in [0.3, 0.4) is 0 Å². The molecule has 5 nitrogen and oxygen atoms in total. The summed E-state index contributed by atoms with van der Waals surface area (Å²) in [5.41, 5.74) is 0. The van der Waals surface area contributed by atoms with Crippen molar-refractivity contribution >= 4 is 6.03 Å². The number of rotatable bonds is 6. The Hall–Kier alpha value is -0.810. The summed E-state index contributed by atoms with van der Waals surface area (Å²) in [5, 5.41) is 6.21. The third-order valence-corrected chi connectivity index (χ3v) is 5.33. The van der Waals surface area contributed by atoms with E-state index in [2.05, 4.69) is 22.5 Å². The van der Waals surface area contributed by atoms with Gasteiger partial charge in [0.2, 0.25) is 0 Å². The average Bonchev–Trinajstić information content (AvgIpc) is 2.56. The molecule has 128 valence electrons. The molecule has 0 aromatic rings. The zero-order chi connectivity index (χ0) is 15.8. The van der Waals surface area contributed by atoms with E-state index in [1.807, 2.05) is 0 Å². The van der Waals surface area contributed by atoms with Crippen molar-refractivity contribution in [2.24, 2.45) is 5.92 Å². The highest BCUT2D eigenvalue weighted by atomic mass is 16.5. The number of hydrogen-bond donors (Lipinski definition) is 2. The fourth-order valence-electron chi connectivity index (χ4n) is 3.80. The second-order valence-electron chi connectivity index (χ2n) is 6.74. The maximum absolute atomic E-state index is 12.1. The lowest BCUT2D eigenvalue weighted by Crippen LogP contribution is -2.48. The zero-order valence-corrected chi connectivity index (χ0v) is 14.3. The largest absolute Gasteiger partial charge is 0.381 e. The van der Waals surface area contributed by atoms with Gasteiger partial charge in [-0.25, -0.2) is 4.79 Å². The molecule has 5 heteroatoms. The predicted molar refractivity (Wildman–Crippen MR) is 89.0 cm³/mol. The van der Waals surface area contributed by atoms with E-state index in [1.165, 1.54) is 25.7 Å². The summed E-state index contributed by atoms with van der Waals surface area (Å²) in [6, 6.07) is 0.383. The molecular weight excluding hydrogens is 278 g/mol. The number of ether oxygens (including phenoxy) is 1. The number of nitrogens with zero attached hydrogens (tertiary/aromatic N) is 1. The van der Waals surface area contributed by atoms with E-state index in [0.29, 0.717) is 18.1 Å². The lowest BCUT2D eigenvalue weighted by atomic mass is 9.83. The summed E-state index contributed by atoms with van der Waals surface area (Å²) in [6.45, 7) is 6.04. The topological polar surface area (TPSA) is 53.6 Å². The van der Waals surface area contributed by atoms with E-state index in [0.717, 1.165) is 45.4 Å². The molecule has 1 aliphatic carbocycles. The molecule has 2 aliphatic rings. The van der Waals surface area contributed by atoms with E-state index < -0.39 is 0 Å². The summed E-state index contributed by atoms with van der Waals surface area (Å²) in [7, 11) is 1.79. The van der Waals surface area contributed by atoms with Gasteiger partial charge in [-0.1, -0.05) is 26.2 Å². The molecule has 0 radical (unpaired) electrons. The van der Waals surface area contributed by atoms with Crippen molar-refractivity contribution in [3.05, 3.63) is 0 Å². The van der Waals surface area contributed by atoms with Gasteiger partial charge in [0.1, 0.15) is 0 Å². The second-order valence-corrected chi connectivity index (χ2v) is 6.74. The van der Waals surface area contributed by atoms with Crippen LogP contribution in [0.2, 0.25) is 0 Å². The third kappa shape index (κ3) is 5.43. The first-order valence-corrected chi connectivity index (χ1v) is 9.02. The van der Waals surface area contributed by atoms with Gasteiger partial charge in [0.25, 0.3) is 0 Å². The molecule has 22 heavy (non-hydrogen) atoms. The van der Waals surface area contributed by atoms with Crippen molar-refractivity contribution in [3.63, 3.8) is 0 Å². The molecule has 2 fully saturated rings. The number of methoxy groups -OCH3 is 1. The predicted octanol–water partition coefficient (Wildman–Crippen LogP) is 2.37. The standard InChI is InChI=1S/C17H33N3O2/c1-3-14-6-4-5-7-16(14)19-17(21)18-10-13-20-11-8-15(22-2)9-12-20/h14-16H,3-13H2,1-2H3,(H2,18,19,21)/t14-,16+/m0/s1. The number of hydrogen-bond acceptors (Lipinski definition) is 3. The quantitative estimate of drug-likeness (QED) is 0.792. The van der Waals surface area contributed by atoms with E-state index >= 15 is 0 Å². The fraction of sp³-hybridized carbons (Fsp3) is 0.941. The fourth-order valence-corrected chi connectivity index (χ4v) is 3.80. The summed E-state index contributed by atoms with van der Waals surface area (Å²) >= 11 is 0. The maximum Gasteiger partial charge on any atom is 0.315 e. The van der Waals surface area contributed by atoms with Crippen LogP contribution in [0.25, 0.3) is 0 Å². The number of amides is 2. The van der Waals surface area contributed by atoms with Gasteiger partial charge in [-0.15, -0.1) is 0 Å². The van der Waals surface area contributed by atoms with E-state index in [4.69, 9.17) is 4.74 Å². The number of piperidine rings is 1. The Labute approximate surface area is 135 Å². The van der Waals surface area contributed by atoms with Gasteiger partial charge >= 0.3 is 6.03 Å². The third-order valence-electron chi connectivity index (χ3n) is 5.33. The summed E-state index contributed by atoms with van der Waals surface area (Å²) in [5.74, 6) is 0.660. The van der Waals surface area contributed by atoms with Crippen molar-refractivity contribution in [1.82, 2.24) is 15.5 Å². The van der Waals surface area contributed by atoms with Gasteiger partial charge in [0.05, 0.1) is 6.10 Å². The van der Waals surface area contributed by atoms with Gasteiger partial charge in [0.15, 0.2) is 0 Å². The first-order valence-electron chi connectivity index (χ1n) is 9.02. The van der Waals surface area contributed by atoms with Crippen LogP contribution in [0.5, 0.6) is 0 Å². The Morgan fingerprint density at radius 3 is 2.59 bits per heavy atom. The van der Waals surface area contributed by atoms with Crippen LogP contribution >= 0.6 is 0 Å². The summed E-state index contributed by atoms with van der Waals surface area (Å²) in [6.07, 6.45) is 8.74. The van der Waals surface area contributed by atoms with Crippen molar-refractivity contribution < 1.29 is 9.53 Å². The Morgan fingerprint density at radius 1 is 1.18 bits per heavy atom. The maximum atomic E-state index is 12.1. The minimum absolute atomic E-state index is 0.0112. The van der Waals surface area contributed by atoms with Crippen LogP contribution in [0.1, 0.15) is 51.9 Å². The molecule has 2 rings (SSSR count). The SMILES string of the molecule is CC[C@H]1CCCC[C@H]1NC(=O)NCCN1CCC(OC)CC1. The second kappa shape index (κ2) is 9.36. The van der Waals surface area contributed by atoms with Crippen LogP contribution in [-0.2, 0) is 4.74 Å². The van der Waals surface area contributed by atoms with E-state index in [1.54, 1.807) is 7.11 Å². The van der Waals surface area contributed by atoms with Crippen LogP contribution < -0.4 is 10.6 Å². The molecule has 1 saturated carbocycles. The Bertz CT molecular complexity index is 330. The lowest BCUT2D eigenvalue weighted by Gasteiger charge is -2.32. The zero-order valence-electron chi connectivity index (χ0n) is 14.3. The van der Waals surface area contributed by atoms with E-state index in [9.17, 15) is 4.79 Å². The molecule has 2 amide bonds. The first kappa shape index (κ1) is 17.5. The molecule has 0 aromatic carbocycles. The van der Waals surface area contributed by atoms with Gasteiger partial charge in [-0.3, -0.25) is 0 Å². The minimum Gasteiger partial charge on any atom is -0.381 e.